The van der Waals surface area contributed by atoms with Crippen molar-refractivity contribution in [1.29, 1.82) is 0 Å². The molecular formula is C11H18O2. The van der Waals surface area contributed by atoms with Crippen molar-refractivity contribution in [2.45, 2.75) is 57.5 Å². The monoisotopic (exact) mass is 182 g/mol. The quantitative estimate of drug-likeness (QED) is 0.583. The van der Waals surface area contributed by atoms with Crippen LogP contribution in [0.4, 0.5) is 0 Å². The Morgan fingerprint density at radius 3 is 2.54 bits per heavy atom. The van der Waals surface area contributed by atoms with Crippen LogP contribution in [-0.2, 0) is 9.53 Å². The fourth-order valence-electron chi connectivity index (χ4n) is 2.71. The van der Waals surface area contributed by atoms with Crippen LogP contribution < -0.4 is 0 Å². The summed E-state index contributed by atoms with van der Waals surface area (Å²) in [5, 5.41) is 0. The number of ether oxygens (including phenoxy) is 1. The summed E-state index contributed by atoms with van der Waals surface area (Å²) >= 11 is 0. The lowest BCUT2D eigenvalue weighted by Gasteiger charge is -2.35. The molecule has 0 aromatic carbocycles. The number of rotatable bonds is 1. The fraction of sp³-hybridized carbons (Fsp3) is 0.909. The molecule has 1 atom stereocenters. The van der Waals surface area contributed by atoms with Crippen molar-refractivity contribution in [3.05, 3.63) is 0 Å². The summed E-state index contributed by atoms with van der Waals surface area (Å²) in [5.41, 5.74) is -0.114. The first-order chi connectivity index (χ1) is 6.21. The maximum absolute atomic E-state index is 11.1. The van der Waals surface area contributed by atoms with Gasteiger partial charge in [-0.25, -0.2) is 0 Å². The van der Waals surface area contributed by atoms with Crippen molar-refractivity contribution in [3.8, 4) is 0 Å². The third-order valence-electron chi connectivity index (χ3n) is 3.64. The van der Waals surface area contributed by atoms with Gasteiger partial charge in [-0.1, -0.05) is 19.3 Å². The van der Waals surface area contributed by atoms with Gasteiger partial charge in [-0.15, -0.1) is 0 Å². The Hall–Kier alpha value is -0.530. The fourth-order valence-corrected chi connectivity index (χ4v) is 2.71. The molecule has 74 valence electrons. The summed E-state index contributed by atoms with van der Waals surface area (Å²) < 4.78 is 5.45. The minimum Gasteiger partial charge on any atom is -0.459 e. The SMILES string of the molecule is CC1(C2CCCCC2)CCC(=O)O1. The molecule has 1 saturated heterocycles. The second kappa shape index (κ2) is 3.32. The van der Waals surface area contributed by atoms with Gasteiger partial charge in [0, 0.05) is 6.42 Å². The second-order valence-electron chi connectivity index (χ2n) is 4.62. The predicted octanol–water partition coefficient (Wildman–Crippen LogP) is 2.66. The van der Waals surface area contributed by atoms with Gasteiger partial charge >= 0.3 is 5.97 Å². The van der Waals surface area contributed by atoms with Crippen molar-refractivity contribution in [2.75, 3.05) is 0 Å². The summed E-state index contributed by atoms with van der Waals surface area (Å²) in [6, 6.07) is 0. The number of hydrogen-bond acceptors (Lipinski definition) is 2. The maximum Gasteiger partial charge on any atom is 0.306 e. The molecule has 0 aromatic rings. The molecular weight excluding hydrogens is 164 g/mol. The summed E-state index contributed by atoms with van der Waals surface area (Å²) in [5.74, 6) is 0.640. The highest BCUT2D eigenvalue weighted by molar-refractivity contribution is 5.72. The molecule has 1 unspecified atom stereocenters. The molecule has 1 heterocycles. The smallest absolute Gasteiger partial charge is 0.306 e. The standard InChI is InChI=1S/C11H18O2/c1-11(8-7-10(12)13-11)9-5-3-2-4-6-9/h9H,2-8H2,1H3. The van der Waals surface area contributed by atoms with Crippen molar-refractivity contribution < 1.29 is 9.53 Å². The molecule has 0 spiro atoms. The van der Waals surface area contributed by atoms with E-state index in [9.17, 15) is 4.79 Å². The summed E-state index contributed by atoms with van der Waals surface area (Å²) in [6.45, 7) is 2.12. The first-order valence-corrected chi connectivity index (χ1v) is 5.42. The van der Waals surface area contributed by atoms with E-state index in [1.165, 1.54) is 32.1 Å². The van der Waals surface area contributed by atoms with E-state index in [1.54, 1.807) is 0 Å². The normalized spacial score (nSPS) is 36.2. The van der Waals surface area contributed by atoms with Gasteiger partial charge in [-0.05, 0) is 32.1 Å². The zero-order valence-electron chi connectivity index (χ0n) is 8.34. The van der Waals surface area contributed by atoms with E-state index in [-0.39, 0.29) is 11.6 Å². The van der Waals surface area contributed by atoms with Gasteiger partial charge in [0.25, 0.3) is 0 Å². The van der Waals surface area contributed by atoms with Gasteiger partial charge in [0.15, 0.2) is 0 Å². The molecule has 2 nitrogen and oxygen atoms in total. The Morgan fingerprint density at radius 2 is 2.00 bits per heavy atom. The average Bonchev–Trinajstić information content (AvgIpc) is 2.49. The molecule has 2 fully saturated rings. The maximum atomic E-state index is 11.1. The number of cyclic esters (lactones) is 1. The first-order valence-electron chi connectivity index (χ1n) is 5.42. The predicted molar refractivity (Wildman–Crippen MR) is 50.3 cm³/mol. The Balaban J connectivity index is 2.01. The molecule has 1 aliphatic heterocycles. The number of esters is 1. The van der Waals surface area contributed by atoms with E-state index in [0.29, 0.717) is 12.3 Å². The summed E-state index contributed by atoms with van der Waals surface area (Å²) in [6.07, 6.45) is 8.08. The average molecular weight is 182 g/mol. The molecule has 2 rings (SSSR count). The van der Waals surface area contributed by atoms with Crippen LogP contribution in [0, 0.1) is 5.92 Å². The van der Waals surface area contributed by atoms with Crippen molar-refractivity contribution >= 4 is 5.97 Å². The minimum atomic E-state index is -0.114. The highest BCUT2D eigenvalue weighted by atomic mass is 16.6. The molecule has 0 amide bonds. The topological polar surface area (TPSA) is 26.3 Å². The second-order valence-corrected chi connectivity index (χ2v) is 4.62. The van der Waals surface area contributed by atoms with E-state index in [1.807, 2.05) is 0 Å². The largest absolute Gasteiger partial charge is 0.459 e. The van der Waals surface area contributed by atoms with Crippen LogP contribution >= 0.6 is 0 Å². The Morgan fingerprint density at radius 1 is 1.31 bits per heavy atom. The van der Waals surface area contributed by atoms with Crippen molar-refractivity contribution in [3.63, 3.8) is 0 Å². The lowest BCUT2D eigenvalue weighted by molar-refractivity contribution is -0.152. The number of carbonyl (C=O) groups excluding carboxylic acids is 1. The molecule has 2 aliphatic rings. The summed E-state index contributed by atoms with van der Waals surface area (Å²) in [7, 11) is 0. The van der Waals surface area contributed by atoms with Crippen LogP contribution in [0.5, 0.6) is 0 Å². The number of hydrogen-bond donors (Lipinski definition) is 0. The van der Waals surface area contributed by atoms with E-state index < -0.39 is 0 Å². The van der Waals surface area contributed by atoms with Crippen LogP contribution in [0.25, 0.3) is 0 Å². The van der Waals surface area contributed by atoms with Gasteiger partial charge in [0.2, 0.25) is 0 Å². The highest BCUT2D eigenvalue weighted by Crippen LogP contribution is 2.41. The lowest BCUT2D eigenvalue weighted by atomic mass is 9.76. The minimum absolute atomic E-state index is 0.00748. The molecule has 2 heteroatoms. The Bertz CT molecular complexity index is 206. The first kappa shape index (κ1) is 9.04. The molecule has 0 aromatic heterocycles. The van der Waals surface area contributed by atoms with Crippen LogP contribution in [0.15, 0.2) is 0 Å². The number of carbonyl (C=O) groups is 1. The van der Waals surface area contributed by atoms with Crippen molar-refractivity contribution in [2.24, 2.45) is 5.92 Å². The molecule has 1 aliphatic carbocycles. The van der Waals surface area contributed by atoms with Gasteiger partial charge in [0.1, 0.15) is 5.60 Å². The van der Waals surface area contributed by atoms with Gasteiger partial charge in [0.05, 0.1) is 0 Å². The highest BCUT2D eigenvalue weighted by Gasteiger charge is 2.42. The zero-order valence-corrected chi connectivity index (χ0v) is 8.34. The van der Waals surface area contributed by atoms with Gasteiger partial charge < -0.3 is 4.74 Å². The molecule has 0 bridgehead atoms. The zero-order chi connectivity index (χ0) is 9.31. The third kappa shape index (κ3) is 1.72. The van der Waals surface area contributed by atoms with Gasteiger partial charge in [-0.2, -0.15) is 0 Å². The van der Waals surface area contributed by atoms with E-state index in [2.05, 4.69) is 6.92 Å². The summed E-state index contributed by atoms with van der Waals surface area (Å²) in [4.78, 5) is 11.1. The van der Waals surface area contributed by atoms with Crippen LogP contribution in [0.3, 0.4) is 0 Å². The Labute approximate surface area is 79.7 Å². The molecule has 1 saturated carbocycles. The lowest BCUT2D eigenvalue weighted by Crippen LogP contribution is -2.35. The van der Waals surface area contributed by atoms with Crippen LogP contribution in [0.1, 0.15) is 51.9 Å². The molecule has 0 N–H and O–H groups in total. The van der Waals surface area contributed by atoms with Crippen molar-refractivity contribution in [1.82, 2.24) is 0 Å². The molecule has 0 radical (unpaired) electrons. The third-order valence-corrected chi connectivity index (χ3v) is 3.64. The van der Waals surface area contributed by atoms with Gasteiger partial charge in [-0.3, -0.25) is 4.79 Å². The van der Waals surface area contributed by atoms with E-state index in [4.69, 9.17) is 4.74 Å². The molecule has 13 heavy (non-hydrogen) atoms. The van der Waals surface area contributed by atoms with Crippen LogP contribution in [0.2, 0.25) is 0 Å². The Kier molecular flexibility index (Phi) is 2.31. The van der Waals surface area contributed by atoms with E-state index in [0.717, 1.165) is 6.42 Å². The van der Waals surface area contributed by atoms with E-state index >= 15 is 0 Å². The van der Waals surface area contributed by atoms with Crippen LogP contribution in [-0.4, -0.2) is 11.6 Å².